The van der Waals surface area contributed by atoms with Crippen molar-refractivity contribution in [2.45, 2.75) is 18.6 Å². The Hall–Kier alpha value is -1.47. The normalized spacial score (nSPS) is 13.9. The van der Waals surface area contributed by atoms with E-state index >= 15 is 0 Å². The lowest BCUT2D eigenvalue weighted by Crippen LogP contribution is -2.19. The van der Waals surface area contributed by atoms with Gasteiger partial charge in [0.2, 0.25) is 0 Å². The molecule has 0 aliphatic heterocycles. The molecule has 0 aliphatic carbocycles. The van der Waals surface area contributed by atoms with Gasteiger partial charge in [0.25, 0.3) is 0 Å². The molecule has 7 nitrogen and oxygen atoms in total. The van der Waals surface area contributed by atoms with E-state index in [4.69, 9.17) is 5.53 Å². The summed E-state index contributed by atoms with van der Waals surface area (Å²) in [6.45, 7) is 0.0979. The van der Waals surface area contributed by atoms with Crippen molar-refractivity contribution < 1.29 is 15.0 Å². The van der Waals surface area contributed by atoms with Crippen LogP contribution in [0.1, 0.15) is 28.0 Å². The van der Waals surface area contributed by atoms with E-state index in [1.807, 2.05) is 0 Å². The number of aliphatic hydroxyl groups excluding tert-OH is 2. The number of aromatic nitrogens is 1. The molecular weight excluding hydrogens is 232 g/mol. The number of thiazole rings is 1. The molecule has 0 saturated heterocycles. The number of hydrogen-bond acceptors (Lipinski definition) is 6. The summed E-state index contributed by atoms with van der Waals surface area (Å²) in [7, 11) is 0. The third-order valence-electron chi connectivity index (χ3n) is 1.87. The average molecular weight is 242 g/mol. The SMILES string of the molecule is [N-]=[N+]=NCCC(O)C(O)c1nc(C=O)cs1. The van der Waals surface area contributed by atoms with Gasteiger partial charge in [-0.25, -0.2) is 4.98 Å². The van der Waals surface area contributed by atoms with E-state index in [0.29, 0.717) is 6.29 Å². The topological polar surface area (TPSA) is 119 Å². The molecule has 0 bridgehead atoms. The van der Waals surface area contributed by atoms with E-state index in [1.54, 1.807) is 0 Å². The second-order valence-corrected chi connectivity index (χ2v) is 3.87. The Morgan fingerprint density at radius 3 is 3.00 bits per heavy atom. The fraction of sp³-hybridized carbons (Fsp3) is 0.500. The van der Waals surface area contributed by atoms with Gasteiger partial charge in [0.15, 0.2) is 6.29 Å². The van der Waals surface area contributed by atoms with Gasteiger partial charge in [-0.05, 0) is 12.0 Å². The Balaban J connectivity index is 2.58. The highest BCUT2D eigenvalue weighted by Crippen LogP contribution is 2.22. The van der Waals surface area contributed by atoms with Crippen LogP contribution in [0.2, 0.25) is 0 Å². The molecule has 16 heavy (non-hydrogen) atoms. The van der Waals surface area contributed by atoms with Crippen molar-refractivity contribution in [1.29, 1.82) is 0 Å². The fourth-order valence-corrected chi connectivity index (χ4v) is 1.85. The largest absolute Gasteiger partial charge is 0.390 e. The first-order valence-electron chi connectivity index (χ1n) is 4.46. The third-order valence-corrected chi connectivity index (χ3v) is 2.80. The number of hydrogen-bond donors (Lipinski definition) is 2. The number of carbonyl (C=O) groups excluding carboxylic acids is 1. The molecule has 8 heteroatoms. The van der Waals surface area contributed by atoms with E-state index in [2.05, 4.69) is 15.0 Å². The van der Waals surface area contributed by atoms with Crippen LogP contribution in [0.4, 0.5) is 0 Å². The minimum Gasteiger partial charge on any atom is -0.390 e. The fourth-order valence-electron chi connectivity index (χ4n) is 1.05. The number of rotatable bonds is 6. The molecular formula is C8H10N4O3S. The van der Waals surface area contributed by atoms with Crippen molar-refractivity contribution in [2.24, 2.45) is 5.11 Å². The molecule has 0 amide bonds. The lowest BCUT2D eigenvalue weighted by molar-refractivity contribution is 0.0148. The van der Waals surface area contributed by atoms with Crippen LogP contribution >= 0.6 is 11.3 Å². The molecule has 1 heterocycles. The van der Waals surface area contributed by atoms with Gasteiger partial charge in [0.05, 0.1) is 6.10 Å². The van der Waals surface area contributed by atoms with E-state index in [1.165, 1.54) is 5.38 Å². The summed E-state index contributed by atoms with van der Waals surface area (Å²) in [6.07, 6.45) is -1.51. The minimum absolute atomic E-state index is 0.0979. The first-order chi connectivity index (χ1) is 7.69. The summed E-state index contributed by atoms with van der Waals surface area (Å²) in [5.41, 5.74) is 8.26. The zero-order valence-corrected chi connectivity index (χ0v) is 9.04. The van der Waals surface area contributed by atoms with Crippen LogP contribution in [-0.4, -0.2) is 34.1 Å². The van der Waals surface area contributed by atoms with Crippen LogP contribution in [0.15, 0.2) is 10.5 Å². The van der Waals surface area contributed by atoms with Gasteiger partial charge < -0.3 is 10.2 Å². The van der Waals surface area contributed by atoms with E-state index in [-0.39, 0.29) is 23.7 Å². The molecule has 0 saturated carbocycles. The summed E-state index contributed by atoms with van der Waals surface area (Å²) in [5, 5.41) is 24.2. The third kappa shape index (κ3) is 3.28. The van der Waals surface area contributed by atoms with Crippen LogP contribution in [0.3, 0.4) is 0 Å². The molecule has 86 valence electrons. The summed E-state index contributed by atoms with van der Waals surface area (Å²) in [6, 6.07) is 0. The lowest BCUT2D eigenvalue weighted by Gasteiger charge is -2.13. The monoisotopic (exact) mass is 242 g/mol. The second-order valence-electron chi connectivity index (χ2n) is 2.98. The predicted octanol–water partition coefficient (Wildman–Crippen LogP) is 1.05. The first kappa shape index (κ1) is 12.6. The Kier molecular flexibility index (Phi) is 4.87. The van der Waals surface area contributed by atoms with Gasteiger partial charge in [-0.1, -0.05) is 5.11 Å². The van der Waals surface area contributed by atoms with E-state index < -0.39 is 12.2 Å². The van der Waals surface area contributed by atoms with Gasteiger partial charge in [0, 0.05) is 16.8 Å². The Labute approximate surface area is 95.0 Å². The molecule has 0 aromatic carbocycles. The number of azide groups is 1. The Morgan fingerprint density at radius 2 is 2.44 bits per heavy atom. The quantitative estimate of drug-likeness (QED) is 0.335. The highest BCUT2D eigenvalue weighted by atomic mass is 32.1. The van der Waals surface area contributed by atoms with E-state index in [0.717, 1.165) is 11.3 Å². The molecule has 2 N–H and O–H groups in total. The second kappa shape index (κ2) is 6.19. The first-order valence-corrected chi connectivity index (χ1v) is 5.34. The summed E-state index contributed by atoms with van der Waals surface area (Å²) < 4.78 is 0. The van der Waals surface area contributed by atoms with Gasteiger partial charge >= 0.3 is 0 Å². The van der Waals surface area contributed by atoms with Crippen LogP contribution in [0.25, 0.3) is 10.4 Å². The van der Waals surface area contributed by atoms with Crippen LogP contribution in [0, 0.1) is 0 Å². The van der Waals surface area contributed by atoms with Gasteiger partial charge in [-0.15, -0.1) is 11.3 Å². The molecule has 0 aliphatic rings. The lowest BCUT2D eigenvalue weighted by atomic mass is 10.1. The predicted molar refractivity (Wildman–Crippen MR) is 57.1 cm³/mol. The molecule has 0 spiro atoms. The van der Waals surface area contributed by atoms with Crippen molar-refractivity contribution in [3.63, 3.8) is 0 Å². The van der Waals surface area contributed by atoms with Crippen molar-refractivity contribution in [2.75, 3.05) is 6.54 Å². The van der Waals surface area contributed by atoms with Crippen molar-refractivity contribution >= 4 is 17.6 Å². The number of aldehydes is 1. The molecule has 0 radical (unpaired) electrons. The highest BCUT2D eigenvalue weighted by molar-refractivity contribution is 7.09. The maximum absolute atomic E-state index is 10.4. The summed E-state index contributed by atoms with van der Waals surface area (Å²) in [4.78, 5) is 16.7. The zero-order valence-electron chi connectivity index (χ0n) is 8.22. The van der Waals surface area contributed by atoms with Crippen LogP contribution in [-0.2, 0) is 0 Å². The minimum atomic E-state index is -1.16. The van der Waals surface area contributed by atoms with Crippen molar-refractivity contribution in [3.8, 4) is 0 Å². The van der Waals surface area contributed by atoms with Crippen LogP contribution < -0.4 is 0 Å². The maximum atomic E-state index is 10.4. The zero-order chi connectivity index (χ0) is 12.0. The number of nitrogens with zero attached hydrogens (tertiary/aromatic N) is 4. The van der Waals surface area contributed by atoms with E-state index in [9.17, 15) is 15.0 Å². The number of carbonyl (C=O) groups is 1. The molecule has 1 rings (SSSR count). The van der Waals surface area contributed by atoms with Gasteiger partial charge in [-0.2, -0.15) is 0 Å². The maximum Gasteiger partial charge on any atom is 0.169 e. The van der Waals surface area contributed by atoms with Gasteiger partial charge in [0.1, 0.15) is 16.8 Å². The average Bonchev–Trinajstić information content (AvgIpc) is 2.76. The molecule has 1 aromatic rings. The smallest absolute Gasteiger partial charge is 0.169 e. The summed E-state index contributed by atoms with van der Waals surface area (Å²) >= 11 is 1.09. The van der Waals surface area contributed by atoms with Crippen LogP contribution in [0.5, 0.6) is 0 Å². The number of aliphatic hydroxyl groups is 2. The Bertz CT molecular complexity index is 402. The molecule has 0 fully saturated rings. The molecule has 2 atom stereocenters. The molecule has 2 unspecified atom stereocenters. The van der Waals surface area contributed by atoms with Crippen molar-refractivity contribution in [3.05, 3.63) is 26.5 Å². The standard InChI is InChI=1S/C8H10N4O3S/c9-12-10-2-1-6(14)7(15)8-11-5(3-13)4-16-8/h3-4,6-7,14-15H,1-2H2. The highest BCUT2D eigenvalue weighted by Gasteiger charge is 2.20. The van der Waals surface area contributed by atoms with Gasteiger partial charge in [-0.3, -0.25) is 4.79 Å². The van der Waals surface area contributed by atoms with Crippen molar-refractivity contribution in [1.82, 2.24) is 4.98 Å². The molecule has 1 aromatic heterocycles. The Morgan fingerprint density at radius 1 is 1.69 bits per heavy atom. The summed E-state index contributed by atoms with van der Waals surface area (Å²) in [5.74, 6) is 0.